The van der Waals surface area contributed by atoms with Gasteiger partial charge in [-0.2, -0.15) is 5.10 Å². The van der Waals surface area contributed by atoms with Crippen molar-refractivity contribution in [2.45, 2.75) is 76.3 Å². The average Bonchev–Trinajstić information content (AvgIpc) is 3.50. The molecule has 0 spiro atoms. The van der Waals surface area contributed by atoms with E-state index in [1.165, 1.54) is 69.2 Å². The quantitative estimate of drug-likeness (QED) is 0.0212. The molecule has 0 saturated carbocycles. The molecule has 4 aromatic rings. The number of hydrazone groups is 1. The number of aryl methyl sites for hydroxylation is 1. The second kappa shape index (κ2) is 19.8. The Hall–Kier alpha value is -4.50. The number of rotatable bonds is 19. The van der Waals surface area contributed by atoms with E-state index in [4.69, 9.17) is 4.74 Å². The van der Waals surface area contributed by atoms with Gasteiger partial charge in [0.1, 0.15) is 11.6 Å². The predicted molar refractivity (Wildman–Crippen MR) is 186 cm³/mol. The zero-order valence-electron chi connectivity index (χ0n) is 26.5. The molecule has 0 fully saturated rings. The molecule has 0 bridgehead atoms. The Labute approximate surface area is 276 Å². The normalized spacial score (nSPS) is 11.3. The number of carbonyl (C=O) groups is 2. The summed E-state index contributed by atoms with van der Waals surface area (Å²) >= 11 is 1.33. The zero-order chi connectivity index (χ0) is 32.2. The van der Waals surface area contributed by atoms with Gasteiger partial charge in [0.25, 0.3) is 5.91 Å². The number of nitrogens with one attached hydrogen (secondary N) is 1. The summed E-state index contributed by atoms with van der Waals surface area (Å²) in [5, 5.41) is 13.7. The molecule has 1 heterocycles. The van der Waals surface area contributed by atoms with Gasteiger partial charge >= 0.3 is 5.97 Å². The van der Waals surface area contributed by atoms with Crippen LogP contribution < -0.4 is 10.2 Å². The van der Waals surface area contributed by atoms with Crippen LogP contribution in [0, 0.1) is 0 Å². The summed E-state index contributed by atoms with van der Waals surface area (Å²) < 4.78 is 7.40. The predicted octanol–water partition coefficient (Wildman–Crippen LogP) is 8.20. The molecule has 0 saturated heterocycles. The monoisotopic (exact) mass is 637 g/mol. The Kier molecular flexibility index (Phi) is 14.8. The minimum Gasteiger partial charge on any atom is -0.423 e. The van der Waals surface area contributed by atoms with Crippen molar-refractivity contribution in [1.29, 1.82) is 0 Å². The van der Waals surface area contributed by atoms with E-state index in [1.807, 2.05) is 60.7 Å². The van der Waals surface area contributed by atoms with Gasteiger partial charge in [-0.15, -0.1) is 10.2 Å². The second-order valence-corrected chi connectivity index (χ2v) is 11.9. The SMILES string of the molecule is CCCCCCCCCCCc1nnc(SCC(=O)NN=Cc2ccc(OC(=O)C=Cc3ccccc3)cc2)n1-c1ccccc1. The first-order chi connectivity index (χ1) is 22.6. The first kappa shape index (κ1) is 34.4. The summed E-state index contributed by atoms with van der Waals surface area (Å²) in [5.41, 5.74) is 5.22. The second-order valence-electron chi connectivity index (χ2n) is 11.0. The molecule has 46 heavy (non-hydrogen) atoms. The van der Waals surface area contributed by atoms with Crippen molar-refractivity contribution < 1.29 is 14.3 Å². The largest absolute Gasteiger partial charge is 0.423 e. The van der Waals surface area contributed by atoms with E-state index in [2.05, 4.69) is 32.2 Å². The lowest BCUT2D eigenvalue weighted by molar-refractivity contribution is -0.129. The van der Waals surface area contributed by atoms with Gasteiger partial charge in [-0.25, -0.2) is 10.2 Å². The Bertz CT molecular complexity index is 1540. The van der Waals surface area contributed by atoms with Crippen LogP contribution in [0.1, 0.15) is 81.7 Å². The molecule has 9 heteroatoms. The number of nitrogens with zero attached hydrogens (tertiary/aromatic N) is 4. The van der Waals surface area contributed by atoms with Gasteiger partial charge < -0.3 is 4.74 Å². The van der Waals surface area contributed by atoms with Crippen molar-refractivity contribution in [2.75, 3.05) is 5.75 Å². The third kappa shape index (κ3) is 12.1. The molecule has 0 aliphatic rings. The highest BCUT2D eigenvalue weighted by Crippen LogP contribution is 2.23. The number of amides is 1. The van der Waals surface area contributed by atoms with Crippen molar-refractivity contribution in [3.05, 3.63) is 108 Å². The van der Waals surface area contributed by atoms with E-state index in [1.54, 1.807) is 36.6 Å². The number of para-hydroxylation sites is 1. The van der Waals surface area contributed by atoms with Gasteiger partial charge in [-0.3, -0.25) is 9.36 Å². The summed E-state index contributed by atoms with van der Waals surface area (Å²) in [6.07, 6.45) is 16.9. The number of ether oxygens (including phenoxy) is 1. The number of aromatic nitrogens is 3. The lowest BCUT2D eigenvalue weighted by Crippen LogP contribution is -2.20. The van der Waals surface area contributed by atoms with Crippen LogP contribution in [0.15, 0.2) is 101 Å². The van der Waals surface area contributed by atoms with Crippen LogP contribution in [0.25, 0.3) is 11.8 Å². The summed E-state index contributed by atoms with van der Waals surface area (Å²) in [5.74, 6) is 0.761. The van der Waals surface area contributed by atoms with Gasteiger partial charge in [-0.1, -0.05) is 119 Å². The average molecular weight is 638 g/mol. The first-order valence-electron chi connectivity index (χ1n) is 16.1. The fourth-order valence-electron chi connectivity index (χ4n) is 4.83. The summed E-state index contributed by atoms with van der Waals surface area (Å²) in [7, 11) is 0. The topological polar surface area (TPSA) is 98.5 Å². The van der Waals surface area contributed by atoms with E-state index >= 15 is 0 Å². The van der Waals surface area contributed by atoms with Gasteiger partial charge in [0.15, 0.2) is 5.16 Å². The number of thioether (sulfide) groups is 1. The van der Waals surface area contributed by atoms with E-state index in [0.29, 0.717) is 10.9 Å². The molecule has 0 aliphatic heterocycles. The maximum Gasteiger partial charge on any atom is 0.336 e. The Balaban J connectivity index is 1.22. The molecule has 0 radical (unpaired) electrons. The minimum atomic E-state index is -0.464. The Morgan fingerprint density at radius 3 is 2.15 bits per heavy atom. The number of unbranched alkanes of at least 4 members (excludes halogenated alkanes) is 8. The summed E-state index contributed by atoms with van der Waals surface area (Å²) in [6.45, 7) is 2.25. The lowest BCUT2D eigenvalue weighted by atomic mass is 10.1. The highest BCUT2D eigenvalue weighted by molar-refractivity contribution is 7.99. The van der Waals surface area contributed by atoms with Crippen molar-refractivity contribution in [3.63, 3.8) is 0 Å². The minimum absolute atomic E-state index is 0.145. The molecule has 4 rings (SSSR count). The fourth-order valence-corrected chi connectivity index (χ4v) is 5.59. The Morgan fingerprint density at radius 1 is 0.804 bits per heavy atom. The standard InChI is InChI=1S/C37H43N5O3S/c1-2-3-4-5-6-7-8-9-16-21-34-39-41-37(42(34)32-19-14-11-15-20-32)46-29-35(43)40-38-28-31-22-25-33(26-23-31)45-36(44)27-24-30-17-12-10-13-18-30/h10-15,17-20,22-28H,2-9,16,21,29H2,1H3,(H,40,43). The Morgan fingerprint density at radius 2 is 1.46 bits per heavy atom. The van der Waals surface area contributed by atoms with Crippen LogP contribution in [0.2, 0.25) is 0 Å². The van der Waals surface area contributed by atoms with Gasteiger partial charge in [0.2, 0.25) is 0 Å². The highest BCUT2D eigenvalue weighted by atomic mass is 32.2. The highest BCUT2D eigenvalue weighted by Gasteiger charge is 2.15. The van der Waals surface area contributed by atoms with Crippen LogP contribution in [0.4, 0.5) is 0 Å². The van der Waals surface area contributed by atoms with E-state index < -0.39 is 5.97 Å². The molecule has 3 aromatic carbocycles. The van der Waals surface area contributed by atoms with Crippen LogP contribution in [0.5, 0.6) is 5.75 Å². The molecule has 1 amide bonds. The summed E-state index contributed by atoms with van der Waals surface area (Å²) in [6, 6.07) is 26.4. The number of hydrogen-bond acceptors (Lipinski definition) is 7. The maximum atomic E-state index is 12.6. The molecular formula is C37H43N5O3S. The third-order valence-electron chi connectivity index (χ3n) is 7.26. The molecule has 1 N–H and O–H groups in total. The third-order valence-corrected chi connectivity index (χ3v) is 8.19. The lowest BCUT2D eigenvalue weighted by Gasteiger charge is -2.10. The van der Waals surface area contributed by atoms with Crippen molar-refractivity contribution in [1.82, 2.24) is 20.2 Å². The van der Waals surface area contributed by atoms with Gasteiger partial charge in [0.05, 0.1) is 12.0 Å². The van der Waals surface area contributed by atoms with Crippen LogP contribution in [0.3, 0.4) is 0 Å². The molecule has 8 nitrogen and oxygen atoms in total. The van der Waals surface area contributed by atoms with Gasteiger partial charge in [0, 0.05) is 18.2 Å². The molecular weight excluding hydrogens is 595 g/mol. The van der Waals surface area contributed by atoms with E-state index in [0.717, 1.165) is 35.5 Å². The van der Waals surface area contributed by atoms with Crippen LogP contribution >= 0.6 is 11.8 Å². The molecule has 0 aliphatic carbocycles. The van der Waals surface area contributed by atoms with Crippen molar-refractivity contribution in [3.8, 4) is 11.4 Å². The maximum absolute atomic E-state index is 12.6. The van der Waals surface area contributed by atoms with E-state index in [9.17, 15) is 9.59 Å². The number of hydrogen-bond donors (Lipinski definition) is 1. The van der Waals surface area contributed by atoms with Crippen LogP contribution in [-0.4, -0.2) is 38.6 Å². The van der Waals surface area contributed by atoms with Gasteiger partial charge in [-0.05, 0) is 60.0 Å². The zero-order valence-corrected chi connectivity index (χ0v) is 27.3. The molecule has 0 atom stereocenters. The fraction of sp³-hybridized carbons (Fsp3) is 0.324. The molecule has 1 aromatic heterocycles. The molecule has 240 valence electrons. The van der Waals surface area contributed by atoms with Crippen molar-refractivity contribution >= 4 is 35.9 Å². The summed E-state index contributed by atoms with van der Waals surface area (Å²) in [4.78, 5) is 24.7. The van der Waals surface area contributed by atoms with Crippen molar-refractivity contribution in [2.24, 2.45) is 5.10 Å². The molecule has 0 unspecified atom stereocenters. The smallest absolute Gasteiger partial charge is 0.336 e. The van der Waals surface area contributed by atoms with E-state index in [-0.39, 0.29) is 11.7 Å². The number of esters is 1. The number of benzene rings is 3. The first-order valence-corrected chi connectivity index (χ1v) is 17.1. The number of carbonyl (C=O) groups excluding carboxylic acids is 2. The van der Waals surface area contributed by atoms with Crippen LogP contribution in [-0.2, 0) is 16.0 Å².